The van der Waals surface area contributed by atoms with Crippen molar-refractivity contribution in [2.75, 3.05) is 11.9 Å². The third-order valence-corrected chi connectivity index (χ3v) is 4.17. The van der Waals surface area contributed by atoms with Crippen molar-refractivity contribution < 1.29 is 19.1 Å². The van der Waals surface area contributed by atoms with Gasteiger partial charge in [0.05, 0.1) is 6.10 Å². The van der Waals surface area contributed by atoms with Gasteiger partial charge in [0.1, 0.15) is 5.82 Å². The van der Waals surface area contributed by atoms with Crippen molar-refractivity contribution in [3.05, 3.63) is 78.1 Å². The van der Waals surface area contributed by atoms with Crippen LogP contribution >= 0.6 is 0 Å². The van der Waals surface area contributed by atoms with Crippen molar-refractivity contribution in [2.24, 2.45) is 0 Å². The molecule has 0 bridgehead atoms. The molecule has 27 heavy (non-hydrogen) atoms. The summed E-state index contributed by atoms with van der Waals surface area (Å²) in [5.74, 6) is -2.24. The third kappa shape index (κ3) is 4.68. The number of aliphatic hydroxyl groups is 1. The van der Waals surface area contributed by atoms with E-state index in [4.69, 9.17) is 0 Å². The predicted molar refractivity (Wildman–Crippen MR) is 102 cm³/mol. The predicted octanol–water partition coefficient (Wildman–Crippen LogP) is 3.16. The van der Waals surface area contributed by atoms with Crippen LogP contribution in [0, 0.1) is 5.82 Å². The average Bonchev–Trinajstić information content (AvgIpc) is 2.67. The van der Waals surface area contributed by atoms with E-state index >= 15 is 0 Å². The van der Waals surface area contributed by atoms with E-state index < -0.39 is 23.7 Å². The van der Waals surface area contributed by atoms with Crippen molar-refractivity contribution in [1.29, 1.82) is 0 Å². The first-order chi connectivity index (χ1) is 13.0. The lowest BCUT2D eigenvalue weighted by Gasteiger charge is -2.14. The van der Waals surface area contributed by atoms with Crippen LogP contribution in [-0.4, -0.2) is 23.5 Å². The van der Waals surface area contributed by atoms with E-state index in [1.165, 1.54) is 18.2 Å². The highest BCUT2D eigenvalue weighted by Gasteiger charge is 2.15. The van der Waals surface area contributed by atoms with Crippen LogP contribution in [0.2, 0.25) is 0 Å². The Hall–Kier alpha value is -3.25. The highest BCUT2D eigenvalue weighted by Crippen LogP contribution is 2.25. The van der Waals surface area contributed by atoms with E-state index in [1.807, 2.05) is 42.5 Å². The Morgan fingerprint density at radius 1 is 0.963 bits per heavy atom. The number of hydrogen-bond donors (Lipinski definition) is 3. The summed E-state index contributed by atoms with van der Waals surface area (Å²) in [6.07, 6.45) is -0.518. The van der Waals surface area contributed by atoms with Crippen molar-refractivity contribution >= 4 is 28.3 Å². The van der Waals surface area contributed by atoms with E-state index in [0.717, 1.165) is 22.4 Å². The number of halogens is 1. The summed E-state index contributed by atoms with van der Waals surface area (Å²) >= 11 is 0. The minimum atomic E-state index is -0.889. The van der Waals surface area contributed by atoms with Crippen LogP contribution in [0.15, 0.2) is 66.7 Å². The van der Waals surface area contributed by atoms with Crippen LogP contribution in [-0.2, 0) is 9.59 Å². The minimum absolute atomic E-state index is 0.125. The van der Waals surface area contributed by atoms with E-state index in [9.17, 15) is 19.1 Å². The first kappa shape index (κ1) is 18.5. The molecule has 3 aromatic rings. The zero-order valence-corrected chi connectivity index (χ0v) is 14.5. The van der Waals surface area contributed by atoms with Gasteiger partial charge < -0.3 is 15.7 Å². The molecule has 6 heteroatoms. The first-order valence-corrected chi connectivity index (χ1v) is 8.55. The largest absolute Gasteiger partial charge is 0.388 e. The number of hydrogen-bond acceptors (Lipinski definition) is 3. The topological polar surface area (TPSA) is 78.4 Å². The maximum atomic E-state index is 13.1. The van der Waals surface area contributed by atoms with Crippen LogP contribution in [0.5, 0.6) is 0 Å². The number of fused-ring (bicyclic) bond motifs is 1. The molecule has 0 aliphatic heterocycles. The molecule has 0 heterocycles. The Bertz CT molecular complexity index is 969. The molecule has 0 fully saturated rings. The summed E-state index contributed by atoms with van der Waals surface area (Å²) in [5, 5.41) is 17.2. The highest BCUT2D eigenvalue weighted by atomic mass is 19.1. The molecule has 0 saturated heterocycles. The normalized spacial score (nSPS) is 11.8. The lowest BCUT2D eigenvalue weighted by molar-refractivity contribution is -0.136. The molecule has 5 nitrogen and oxygen atoms in total. The van der Waals surface area contributed by atoms with Gasteiger partial charge in [-0.05, 0) is 41.0 Å². The molecule has 0 aromatic heterocycles. The fourth-order valence-corrected chi connectivity index (χ4v) is 2.85. The first-order valence-electron chi connectivity index (χ1n) is 8.55. The molecule has 1 unspecified atom stereocenters. The zero-order valence-electron chi connectivity index (χ0n) is 14.5. The molecule has 0 radical (unpaired) electrons. The fourth-order valence-electron chi connectivity index (χ4n) is 2.85. The maximum absolute atomic E-state index is 13.1. The van der Waals surface area contributed by atoms with Crippen molar-refractivity contribution in [2.45, 2.75) is 12.5 Å². The third-order valence-electron chi connectivity index (χ3n) is 4.17. The molecular weight excluding hydrogens is 347 g/mol. The van der Waals surface area contributed by atoms with Gasteiger partial charge in [0, 0.05) is 12.2 Å². The number of rotatable bonds is 5. The summed E-state index contributed by atoms with van der Waals surface area (Å²) in [6.45, 7) is 0.125. The Balaban J connectivity index is 1.54. The van der Waals surface area contributed by atoms with Gasteiger partial charge in [-0.3, -0.25) is 9.59 Å². The quantitative estimate of drug-likeness (QED) is 0.607. The van der Waals surface area contributed by atoms with Gasteiger partial charge in [0.2, 0.25) is 0 Å². The molecule has 1 atom stereocenters. The van der Waals surface area contributed by atoms with E-state index in [2.05, 4.69) is 10.6 Å². The molecule has 0 aliphatic rings. The number of aliphatic hydroxyl groups excluding tert-OH is 1. The molecule has 3 N–H and O–H groups in total. The SMILES string of the molecule is O=C(NCCC(O)c1cccc2ccccc12)C(=O)Nc1cccc(F)c1. The Labute approximate surface area is 155 Å². The van der Waals surface area contributed by atoms with Crippen LogP contribution in [0.3, 0.4) is 0 Å². The number of amides is 2. The Morgan fingerprint density at radius 3 is 2.52 bits per heavy atom. The summed E-state index contributed by atoms with van der Waals surface area (Å²) in [4.78, 5) is 23.7. The van der Waals surface area contributed by atoms with Crippen molar-refractivity contribution in [3.8, 4) is 0 Å². The van der Waals surface area contributed by atoms with Gasteiger partial charge in [-0.15, -0.1) is 0 Å². The molecule has 2 amide bonds. The summed E-state index contributed by atoms with van der Waals surface area (Å²) in [7, 11) is 0. The number of carbonyl (C=O) groups excluding carboxylic acids is 2. The summed E-state index contributed by atoms with van der Waals surface area (Å²) < 4.78 is 13.1. The number of benzene rings is 3. The van der Waals surface area contributed by atoms with Gasteiger partial charge in [-0.2, -0.15) is 0 Å². The highest BCUT2D eigenvalue weighted by molar-refractivity contribution is 6.39. The van der Waals surface area contributed by atoms with E-state index in [0.29, 0.717) is 0 Å². The molecule has 3 aromatic carbocycles. The lowest BCUT2D eigenvalue weighted by Crippen LogP contribution is -2.36. The van der Waals surface area contributed by atoms with Crippen molar-refractivity contribution in [1.82, 2.24) is 5.32 Å². The molecule has 0 spiro atoms. The second-order valence-electron chi connectivity index (χ2n) is 6.09. The van der Waals surface area contributed by atoms with Gasteiger partial charge in [-0.25, -0.2) is 4.39 Å². The zero-order chi connectivity index (χ0) is 19.2. The lowest BCUT2D eigenvalue weighted by atomic mass is 9.99. The summed E-state index contributed by atoms with van der Waals surface area (Å²) in [5.41, 5.74) is 0.970. The standard InChI is InChI=1S/C21H19FN2O3/c22-15-7-4-8-16(13-15)24-21(27)20(26)23-12-11-19(25)18-10-3-6-14-5-1-2-9-17(14)18/h1-10,13,19,25H,11-12H2,(H,23,26)(H,24,27). The number of carbonyl (C=O) groups is 2. The molecule has 138 valence electrons. The van der Waals surface area contributed by atoms with Crippen LogP contribution < -0.4 is 10.6 Å². The van der Waals surface area contributed by atoms with Crippen molar-refractivity contribution in [3.63, 3.8) is 0 Å². The summed E-state index contributed by atoms with van der Waals surface area (Å²) in [6, 6.07) is 18.7. The van der Waals surface area contributed by atoms with Crippen LogP contribution in [0.25, 0.3) is 10.8 Å². The van der Waals surface area contributed by atoms with E-state index in [1.54, 1.807) is 0 Å². The van der Waals surface area contributed by atoms with Gasteiger partial charge in [0.15, 0.2) is 0 Å². The molecule has 3 rings (SSSR count). The maximum Gasteiger partial charge on any atom is 0.313 e. The number of anilines is 1. The molecular formula is C21H19FN2O3. The smallest absolute Gasteiger partial charge is 0.313 e. The van der Waals surface area contributed by atoms with Gasteiger partial charge >= 0.3 is 11.8 Å². The van der Waals surface area contributed by atoms with Crippen LogP contribution in [0.4, 0.5) is 10.1 Å². The second kappa shape index (κ2) is 8.42. The second-order valence-corrected chi connectivity index (χ2v) is 6.09. The average molecular weight is 366 g/mol. The number of nitrogens with one attached hydrogen (secondary N) is 2. The van der Waals surface area contributed by atoms with Crippen LogP contribution in [0.1, 0.15) is 18.1 Å². The van der Waals surface area contributed by atoms with E-state index in [-0.39, 0.29) is 18.7 Å². The Kier molecular flexibility index (Phi) is 5.78. The minimum Gasteiger partial charge on any atom is -0.388 e. The van der Waals surface area contributed by atoms with Gasteiger partial charge in [0.25, 0.3) is 0 Å². The monoisotopic (exact) mass is 366 g/mol. The Morgan fingerprint density at radius 2 is 1.70 bits per heavy atom. The fraction of sp³-hybridized carbons (Fsp3) is 0.143. The molecule has 0 aliphatic carbocycles. The van der Waals surface area contributed by atoms with Gasteiger partial charge in [-0.1, -0.05) is 48.5 Å². The molecule has 0 saturated carbocycles.